The van der Waals surface area contributed by atoms with E-state index in [4.69, 9.17) is 9.47 Å². The molecule has 4 atom stereocenters. The fraction of sp³-hybridized carbons (Fsp3) is 0.481. The summed E-state index contributed by atoms with van der Waals surface area (Å²) in [5.41, 5.74) is 1.06. The molecule has 0 saturated heterocycles. The summed E-state index contributed by atoms with van der Waals surface area (Å²) < 4.78 is 14.0. The van der Waals surface area contributed by atoms with Crippen molar-refractivity contribution in [1.82, 2.24) is 9.88 Å². The van der Waals surface area contributed by atoms with Gasteiger partial charge < -0.3 is 19.4 Å². The van der Waals surface area contributed by atoms with Gasteiger partial charge in [-0.2, -0.15) is 0 Å². The zero-order valence-electron chi connectivity index (χ0n) is 21.0. The minimum atomic E-state index is -1.13. The summed E-state index contributed by atoms with van der Waals surface area (Å²) in [6.07, 6.45) is 3.24. The number of nitrogens with zero attached hydrogens (tertiary/aromatic N) is 2. The van der Waals surface area contributed by atoms with E-state index in [1.807, 2.05) is 35.1 Å². The first kappa shape index (κ1) is 23.7. The number of thiophene rings is 1. The normalized spacial score (nSPS) is 26.5. The van der Waals surface area contributed by atoms with Crippen molar-refractivity contribution < 1.29 is 19.1 Å². The van der Waals surface area contributed by atoms with Gasteiger partial charge in [-0.3, -0.25) is 14.5 Å². The fourth-order valence-corrected chi connectivity index (χ4v) is 6.51. The number of carbonyl (C=O) groups excluding carboxylic acids is 2. The van der Waals surface area contributed by atoms with Crippen molar-refractivity contribution in [2.45, 2.75) is 58.2 Å². The number of rotatable bonds is 5. The maximum Gasteiger partial charge on any atom is 0.275 e. The number of carbonyl (C=O) groups is 2. The van der Waals surface area contributed by atoms with E-state index >= 15 is 0 Å². The Labute approximate surface area is 210 Å². The van der Waals surface area contributed by atoms with E-state index in [0.29, 0.717) is 41.3 Å². The Morgan fingerprint density at radius 2 is 1.89 bits per heavy atom. The van der Waals surface area contributed by atoms with Gasteiger partial charge in [0.25, 0.3) is 5.91 Å². The number of ether oxygens (including phenoxy) is 2. The second-order valence-electron chi connectivity index (χ2n) is 10.1. The molecule has 1 saturated carbocycles. The summed E-state index contributed by atoms with van der Waals surface area (Å²) in [6.45, 7) is 6.71. The average molecular weight is 496 g/mol. The molecule has 0 unspecified atom stereocenters. The zero-order chi connectivity index (χ0) is 24.9. The molecular formula is C27H33N3O4S. The number of nitrogens with one attached hydrogen (secondary N) is 1. The van der Waals surface area contributed by atoms with E-state index in [2.05, 4.69) is 19.2 Å². The molecule has 1 aliphatic heterocycles. The molecule has 3 heterocycles. The van der Waals surface area contributed by atoms with Crippen LogP contribution in [0.15, 0.2) is 35.7 Å². The van der Waals surface area contributed by atoms with Crippen LogP contribution in [0.3, 0.4) is 0 Å². The largest absolute Gasteiger partial charge is 0.493 e. The molecule has 7 nitrogen and oxygen atoms in total. The van der Waals surface area contributed by atoms with Crippen molar-refractivity contribution in [2.75, 3.05) is 19.1 Å². The third-order valence-corrected chi connectivity index (χ3v) is 8.90. The van der Waals surface area contributed by atoms with Crippen LogP contribution in [0.1, 0.15) is 50.5 Å². The van der Waals surface area contributed by atoms with Gasteiger partial charge in [0.2, 0.25) is 5.91 Å². The lowest BCUT2D eigenvalue weighted by molar-refractivity contribution is -0.128. The highest BCUT2D eigenvalue weighted by molar-refractivity contribution is 7.17. The van der Waals surface area contributed by atoms with E-state index in [1.54, 1.807) is 42.6 Å². The molecular weight excluding hydrogens is 462 g/mol. The van der Waals surface area contributed by atoms with Gasteiger partial charge in [0, 0.05) is 17.8 Å². The van der Waals surface area contributed by atoms with Gasteiger partial charge in [-0.1, -0.05) is 26.7 Å². The van der Waals surface area contributed by atoms with Crippen molar-refractivity contribution in [3.05, 3.63) is 41.4 Å². The molecule has 2 amide bonds. The van der Waals surface area contributed by atoms with Gasteiger partial charge in [-0.15, -0.1) is 11.3 Å². The minimum Gasteiger partial charge on any atom is -0.493 e. The minimum absolute atomic E-state index is 0.0951. The van der Waals surface area contributed by atoms with E-state index in [9.17, 15) is 9.59 Å². The number of methoxy groups -OCH3 is 2. The molecule has 2 aliphatic rings. The van der Waals surface area contributed by atoms with Crippen LogP contribution < -0.4 is 19.7 Å². The number of amides is 2. The number of hydrogen-bond donors (Lipinski definition) is 1. The quantitative estimate of drug-likeness (QED) is 0.536. The maximum absolute atomic E-state index is 14.1. The molecule has 1 aromatic carbocycles. The Bertz CT molecular complexity index is 1280. The average Bonchev–Trinajstić information content (AvgIpc) is 3.44. The van der Waals surface area contributed by atoms with Gasteiger partial charge >= 0.3 is 0 Å². The summed E-state index contributed by atoms with van der Waals surface area (Å²) in [6, 6.07) is 9.41. The Morgan fingerprint density at radius 1 is 1.11 bits per heavy atom. The Balaban J connectivity index is 1.60. The molecule has 0 spiro atoms. The zero-order valence-corrected chi connectivity index (χ0v) is 21.8. The van der Waals surface area contributed by atoms with E-state index in [0.717, 1.165) is 23.1 Å². The summed E-state index contributed by atoms with van der Waals surface area (Å²) >= 11 is 1.60. The summed E-state index contributed by atoms with van der Waals surface area (Å²) in [5, 5.41) is 5.37. The van der Waals surface area contributed by atoms with E-state index in [1.165, 1.54) is 6.42 Å². The molecule has 5 rings (SSSR count). The molecule has 0 bridgehead atoms. The first-order chi connectivity index (χ1) is 16.8. The monoisotopic (exact) mass is 495 g/mol. The number of fused-ring (bicyclic) bond motifs is 3. The molecule has 1 N–H and O–H groups in total. The van der Waals surface area contributed by atoms with Crippen LogP contribution in [-0.4, -0.2) is 42.2 Å². The summed E-state index contributed by atoms with van der Waals surface area (Å²) in [5.74, 6) is 1.69. The SMILES string of the molecule is COc1ccc(N2C(=O)c3cc4sccc4n3C[C@]2(C)C(=O)N[C@@H]2CCC[C@@H](C)[C@H]2C)cc1OC. The first-order valence-electron chi connectivity index (χ1n) is 12.2. The molecule has 35 heavy (non-hydrogen) atoms. The highest BCUT2D eigenvalue weighted by Gasteiger charge is 2.49. The highest BCUT2D eigenvalue weighted by Crippen LogP contribution is 2.40. The molecule has 2 aromatic heterocycles. The lowest BCUT2D eigenvalue weighted by Gasteiger charge is -2.45. The highest BCUT2D eigenvalue weighted by atomic mass is 32.1. The van der Waals surface area contributed by atoms with Crippen LogP contribution in [0.2, 0.25) is 0 Å². The topological polar surface area (TPSA) is 72.8 Å². The molecule has 1 fully saturated rings. The fourth-order valence-electron chi connectivity index (χ4n) is 5.69. The van der Waals surface area contributed by atoms with Gasteiger partial charge in [-0.05, 0) is 54.8 Å². The Kier molecular flexibility index (Phi) is 6.03. The third-order valence-electron chi connectivity index (χ3n) is 8.04. The first-order valence-corrected chi connectivity index (χ1v) is 13.1. The molecule has 3 aromatic rings. The van der Waals surface area contributed by atoms with Crippen LogP contribution in [0.5, 0.6) is 11.5 Å². The molecule has 1 aliphatic carbocycles. The predicted molar refractivity (Wildman–Crippen MR) is 139 cm³/mol. The van der Waals surface area contributed by atoms with Crippen LogP contribution in [0.25, 0.3) is 10.2 Å². The number of benzene rings is 1. The van der Waals surface area contributed by atoms with Gasteiger partial charge in [0.15, 0.2) is 11.5 Å². The lowest BCUT2D eigenvalue weighted by Crippen LogP contribution is -2.66. The van der Waals surface area contributed by atoms with Crippen LogP contribution in [-0.2, 0) is 11.3 Å². The van der Waals surface area contributed by atoms with Crippen LogP contribution in [0.4, 0.5) is 5.69 Å². The number of aromatic nitrogens is 1. The smallest absolute Gasteiger partial charge is 0.275 e. The second-order valence-corrected chi connectivity index (χ2v) is 11.0. The van der Waals surface area contributed by atoms with Crippen LogP contribution in [0, 0.1) is 11.8 Å². The lowest BCUT2D eigenvalue weighted by atomic mass is 9.77. The van der Waals surface area contributed by atoms with Crippen molar-refractivity contribution in [3.8, 4) is 11.5 Å². The van der Waals surface area contributed by atoms with Crippen molar-refractivity contribution in [3.63, 3.8) is 0 Å². The number of hydrogen-bond acceptors (Lipinski definition) is 5. The maximum atomic E-state index is 14.1. The Hall–Kier alpha value is -3.00. The summed E-state index contributed by atoms with van der Waals surface area (Å²) in [7, 11) is 3.14. The standard InChI is InChI=1S/C27H33N3O4S/c1-16-7-6-8-19(17(16)2)28-26(32)27(3)15-29-20-11-12-35-24(20)14-21(29)25(31)30(27)18-9-10-22(33-4)23(13-18)34-5/h9-14,16-17,19H,6-8,15H2,1-5H3,(H,28,32)/t16-,17-,19-,27-/m1/s1. The van der Waals surface area contributed by atoms with Crippen LogP contribution >= 0.6 is 11.3 Å². The van der Waals surface area contributed by atoms with E-state index in [-0.39, 0.29) is 17.9 Å². The van der Waals surface area contributed by atoms with Crippen molar-refractivity contribution in [2.24, 2.45) is 11.8 Å². The van der Waals surface area contributed by atoms with Crippen molar-refractivity contribution in [1.29, 1.82) is 0 Å². The van der Waals surface area contributed by atoms with E-state index < -0.39 is 5.54 Å². The molecule has 0 radical (unpaired) electrons. The van der Waals surface area contributed by atoms with Gasteiger partial charge in [0.05, 0.1) is 31.0 Å². The molecule has 186 valence electrons. The number of anilines is 1. The van der Waals surface area contributed by atoms with Gasteiger partial charge in [-0.25, -0.2) is 0 Å². The second kappa shape index (κ2) is 8.90. The third kappa shape index (κ3) is 3.78. The van der Waals surface area contributed by atoms with Gasteiger partial charge in [0.1, 0.15) is 11.2 Å². The summed E-state index contributed by atoms with van der Waals surface area (Å²) in [4.78, 5) is 29.7. The van der Waals surface area contributed by atoms with Crippen molar-refractivity contribution >= 4 is 39.1 Å². The Morgan fingerprint density at radius 3 is 2.63 bits per heavy atom. The predicted octanol–water partition coefficient (Wildman–Crippen LogP) is 5.08. The molecule has 8 heteroatoms.